The molecule has 2 amide bonds. The van der Waals surface area contributed by atoms with Gasteiger partial charge in [0.15, 0.2) is 0 Å². The van der Waals surface area contributed by atoms with Crippen molar-refractivity contribution in [2.24, 2.45) is 0 Å². The van der Waals surface area contributed by atoms with Crippen LogP contribution in [0.1, 0.15) is 52.8 Å². The number of fused-ring (bicyclic) bond motifs is 1. The number of pyridine rings is 1. The minimum atomic E-state index is -0.475. The molecule has 0 fully saturated rings. The Hall–Kier alpha value is -3.90. The van der Waals surface area contributed by atoms with Crippen LogP contribution in [-0.4, -0.2) is 30.2 Å². The van der Waals surface area contributed by atoms with Crippen molar-refractivity contribution in [3.8, 4) is 11.8 Å². The van der Waals surface area contributed by atoms with Gasteiger partial charge in [0.2, 0.25) is 5.91 Å². The number of nitrogens with one attached hydrogen (secondary N) is 2. The van der Waals surface area contributed by atoms with Crippen LogP contribution >= 0.6 is 11.3 Å². The first-order valence-electron chi connectivity index (χ1n) is 11.8. The lowest BCUT2D eigenvalue weighted by Gasteiger charge is -2.22. The van der Waals surface area contributed by atoms with Gasteiger partial charge in [0.25, 0.3) is 0 Å². The van der Waals surface area contributed by atoms with Gasteiger partial charge in [-0.15, -0.1) is 11.3 Å². The number of hydrogen-bond donors (Lipinski definition) is 2. The summed E-state index contributed by atoms with van der Waals surface area (Å²) in [4.78, 5) is 30.0. The summed E-state index contributed by atoms with van der Waals surface area (Å²) in [5.41, 5.74) is 3.40. The zero-order valence-electron chi connectivity index (χ0n) is 20.2. The van der Waals surface area contributed by atoms with Crippen molar-refractivity contribution < 1.29 is 19.1 Å². The van der Waals surface area contributed by atoms with Gasteiger partial charge in [0.1, 0.15) is 22.9 Å². The molecule has 36 heavy (non-hydrogen) atoms. The molecule has 1 aliphatic rings. The van der Waals surface area contributed by atoms with Crippen molar-refractivity contribution in [1.82, 2.24) is 10.3 Å². The van der Waals surface area contributed by atoms with E-state index in [2.05, 4.69) is 21.7 Å². The van der Waals surface area contributed by atoms with Crippen molar-refractivity contribution in [3.05, 3.63) is 75.9 Å². The number of carbonyl (C=O) groups excluding carboxylic acids is 2. The third kappa shape index (κ3) is 6.20. The highest BCUT2D eigenvalue weighted by atomic mass is 32.1. The monoisotopic (exact) mass is 504 g/mol. The number of rotatable bonds is 8. The van der Waals surface area contributed by atoms with Crippen molar-refractivity contribution >= 4 is 28.3 Å². The number of aromatic nitrogens is 1. The Labute approximate surface area is 214 Å². The minimum absolute atomic E-state index is 0.0105. The molecule has 2 aromatic heterocycles. The fraction of sp³-hybridized carbons (Fsp3) is 0.333. The number of alkyl carbamates (subject to hydrolysis) is 1. The number of carbonyl (C=O) groups is 2. The van der Waals surface area contributed by atoms with Crippen LogP contribution < -0.4 is 15.4 Å². The topological polar surface area (TPSA) is 113 Å². The first kappa shape index (κ1) is 25.2. The molecule has 1 aromatic carbocycles. The van der Waals surface area contributed by atoms with E-state index in [1.807, 2.05) is 43.3 Å². The molecule has 0 saturated heterocycles. The number of nitriles is 1. The average Bonchev–Trinajstić information content (AvgIpc) is 3.23. The number of thiophene rings is 1. The second-order valence-corrected chi connectivity index (χ2v) is 9.83. The Morgan fingerprint density at radius 1 is 1.28 bits per heavy atom. The molecule has 0 radical (unpaired) electrons. The molecule has 4 rings (SSSR count). The molecule has 186 valence electrons. The second kappa shape index (κ2) is 11.7. The lowest BCUT2D eigenvalue weighted by atomic mass is 9.93. The fourth-order valence-electron chi connectivity index (χ4n) is 4.25. The lowest BCUT2D eigenvalue weighted by molar-refractivity contribution is -0.116. The van der Waals surface area contributed by atoms with Crippen LogP contribution in [0, 0.1) is 11.3 Å². The molecule has 8 nitrogen and oxygen atoms in total. The van der Waals surface area contributed by atoms with E-state index >= 15 is 0 Å². The maximum Gasteiger partial charge on any atom is 0.407 e. The van der Waals surface area contributed by atoms with E-state index < -0.39 is 6.09 Å². The van der Waals surface area contributed by atoms with Gasteiger partial charge in [-0.3, -0.25) is 9.78 Å². The van der Waals surface area contributed by atoms with E-state index in [0.29, 0.717) is 36.4 Å². The van der Waals surface area contributed by atoms with Gasteiger partial charge in [-0.2, -0.15) is 5.26 Å². The summed E-state index contributed by atoms with van der Waals surface area (Å²) >= 11 is 1.39. The number of benzene rings is 1. The van der Waals surface area contributed by atoms with Crippen LogP contribution in [-0.2, 0) is 28.9 Å². The number of ether oxygens (including phenoxy) is 2. The highest BCUT2D eigenvalue weighted by Gasteiger charge is 2.28. The molecular formula is C27H28N4O4S. The Morgan fingerprint density at radius 2 is 2.08 bits per heavy atom. The average molecular weight is 505 g/mol. The van der Waals surface area contributed by atoms with E-state index in [4.69, 9.17) is 9.47 Å². The van der Waals surface area contributed by atoms with E-state index in [-0.39, 0.29) is 24.3 Å². The SMILES string of the molecule is COc1cccc(C(C)CC(=O)Nc2sc3c(c2C#N)CCC(OC(=O)NCc2ccncc2)C3)c1. The maximum atomic E-state index is 12.8. The first-order chi connectivity index (χ1) is 17.5. The second-order valence-electron chi connectivity index (χ2n) is 8.73. The van der Waals surface area contributed by atoms with Crippen molar-refractivity contribution in [3.63, 3.8) is 0 Å². The predicted molar refractivity (Wildman–Crippen MR) is 137 cm³/mol. The summed E-state index contributed by atoms with van der Waals surface area (Å²) in [6, 6.07) is 13.6. The summed E-state index contributed by atoms with van der Waals surface area (Å²) < 4.78 is 10.9. The van der Waals surface area contributed by atoms with Gasteiger partial charge in [-0.25, -0.2) is 4.79 Å². The minimum Gasteiger partial charge on any atom is -0.497 e. The molecule has 3 aromatic rings. The van der Waals surface area contributed by atoms with Crippen LogP contribution in [0.2, 0.25) is 0 Å². The molecule has 0 bridgehead atoms. The van der Waals surface area contributed by atoms with Gasteiger partial charge in [-0.05, 0) is 59.7 Å². The molecule has 2 unspecified atom stereocenters. The van der Waals surface area contributed by atoms with Crippen LogP contribution in [0.4, 0.5) is 9.80 Å². The molecule has 0 spiro atoms. The van der Waals surface area contributed by atoms with E-state index in [9.17, 15) is 14.9 Å². The number of anilines is 1. The highest BCUT2D eigenvalue weighted by Crippen LogP contribution is 2.38. The van der Waals surface area contributed by atoms with E-state index in [1.54, 1.807) is 19.5 Å². The van der Waals surface area contributed by atoms with Crippen molar-refractivity contribution in [1.29, 1.82) is 5.26 Å². The number of hydrogen-bond acceptors (Lipinski definition) is 7. The summed E-state index contributed by atoms with van der Waals surface area (Å²) in [6.07, 6.45) is 4.63. The summed E-state index contributed by atoms with van der Waals surface area (Å²) in [6.45, 7) is 2.35. The predicted octanol–water partition coefficient (Wildman–Crippen LogP) is 4.94. The largest absolute Gasteiger partial charge is 0.497 e. The molecule has 0 aliphatic heterocycles. The molecule has 2 heterocycles. The molecule has 1 aliphatic carbocycles. The van der Waals surface area contributed by atoms with Crippen LogP contribution in [0.25, 0.3) is 0 Å². The van der Waals surface area contributed by atoms with Crippen LogP contribution in [0.3, 0.4) is 0 Å². The first-order valence-corrected chi connectivity index (χ1v) is 12.6. The van der Waals surface area contributed by atoms with E-state index in [1.165, 1.54) is 11.3 Å². The Kier molecular flexibility index (Phi) is 8.18. The molecule has 0 saturated carbocycles. The number of methoxy groups -OCH3 is 1. The fourth-order valence-corrected chi connectivity index (χ4v) is 5.53. The van der Waals surface area contributed by atoms with Crippen LogP contribution in [0.5, 0.6) is 5.75 Å². The third-order valence-corrected chi connectivity index (χ3v) is 7.37. The van der Waals surface area contributed by atoms with Gasteiger partial charge in [-0.1, -0.05) is 19.1 Å². The lowest BCUT2D eigenvalue weighted by Crippen LogP contribution is -2.31. The van der Waals surface area contributed by atoms with Crippen molar-refractivity contribution in [2.75, 3.05) is 12.4 Å². The normalized spacial score (nSPS) is 15.2. The molecule has 2 atom stereocenters. The van der Waals surface area contributed by atoms with Gasteiger partial charge >= 0.3 is 6.09 Å². The number of nitrogens with zero attached hydrogens (tertiary/aromatic N) is 2. The Morgan fingerprint density at radius 3 is 2.83 bits per heavy atom. The molecule has 9 heteroatoms. The van der Waals surface area contributed by atoms with Crippen molar-refractivity contribution in [2.45, 2.75) is 51.2 Å². The third-order valence-electron chi connectivity index (χ3n) is 6.20. The quantitative estimate of drug-likeness (QED) is 0.449. The Balaban J connectivity index is 1.35. The standard InChI is InChI=1S/C27H28N4O4S/c1-17(19-4-3-5-20(13-19)34-2)12-25(32)31-26-23(15-28)22-7-6-21(14-24(22)36-26)35-27(33)30-16-18-8-10-29-11-9-18/h3-5,8-11,13,17,21H,6-7,12,14,16H2,1-2H3,(H,30,33)(H,31,32). The molecular weight excluding hydrogens is 476 g/mol. The number of amides is 2. The Bertz CT molecular complexity index is 1270. The molecule has 2 N–H and O–H groups in total. The summed E-state index contributed by atoms with van der Waals surface area (Å²) in [7, 11) is 1.61. The van der Waals surface area contributed by atoms with Gasteiger partial charge in [0.05, 0.1) is 12.7 Å². The summed E-state index contributed by atoms with van der Waals surface area (Å²) in [5, 5.41) is 16.0. The smallest absolute Gasteiger partial charge is 0.407 e. The maximum absolute atomic E-state index is 12.8. The van der Waals surface area contributed by atoms with Crippen LogP contribution in [0.15, 0.2) is 48.8 Å². The van der Waals surface area contributed by atoms with Gasteiger partial charge in [0, 0.05) is 36.7 Å². The van der Waals surface area contributed by atoms with Gasteiger partial charge < -0.3 is 20.1 Å². The summed E-state index contributed by atoms with van der Waals surface area (Å²) in [5.74, 6) is 0.590. The van der Waals surface area contributed by atoms with E-state index in [0.717, 1.165) is 27.3 Å². The zero-order chi connectivity index (χ0) is 25.5. The zero-order valence-corrected chi connectivity index (χ0v) is 21.1. The highest BCUT2D eigenvalue weighted by molar-refractivity contribution is 7.16.